The van der Waals surface area contributed by atoms with Crippen LogP contribution in [0.15, 0.2) is 52.4 Å². The highest BCUT2D eigenvalue weighted by Gasteiger charge is 2.29. The summed E-state index contributed by atoms with van der Waals surface area (Å²) in [6.07, 6.45) is 7.16. The second kappa shape index (κ2) is 39.7. The zero-order valence-corrected chi connectivity index (χ0v) is 44.9. The molecule has 3 aromatic rings. The van der Waals surface area contributed by atoms with Crippen LogP contribution in [0, 0.1) is 23.3 Å². The lowest BCUT2D eigenvalue weighted by atomic mass is 10.0. The number of carbonyl (C=O) groups is 3. The first-order valence-electron chi connectivity index (χ1n) is 25.5. The molecule has 2 heterocycles. The predicted molar refractivity (Wildman–Crippen MR) is 274 cm³/mol. The molecule has 0 radical (unpaired) electrons. The van der Waals surface area contributed by atoms with Crippen LogP contribution >= 0.6 is 0 Å². The number of nitrogens with one attached hydrogen (secondary N) is 1. The molecule has 0 saturated heterocycles. The van der Waals surface area contributed by atoms with Crippen molar-refractivity contribution in [3.8, 4) is 16.9 Å². The van der Waals surface area contributed by atoms with Gasteiger partial charge in [-0.25, -0.2) is 28.5 Å². The van der Waals surface area contributed by atoms with Gasteiger partial charge in [-0.3, -0.25) is 13.8 Å². The number of amidine groups is 1. The standard InChI is InChI=1S/C51H70F4N6O17S/c1-2-8-61(50(63)39-31-38-5-4-37(40-34-57-36-58-35-40)32-41(38)60-42(56)33-39)9-3-7-59-51(64)77-30-29-76-28-27-75-26-25-74-24-23-73-22-21-72-20-19-71-18-17-70-16-15-69-14-13-68-12-11-67-10-6-43(62)78-48-44(52)46(54)49(79(65)66)47(55)45(48)53/h4-5,31-32,34-36H,2-3,6-30,33H2,1H3,(H2,56,60)(H,59,64)(H,65,66)/p-1. The summed E-state index contributed by atoms with van der Waals surface area (Å²) in [5.74, 6) is -11.5. The molecule has 440 valence electrons. The van der Waals surface area contributed by atoms with E-state index in [1.165, 1.54) is 6.33 Å². The fraction of sp³-hybridized carbons (Fsp3) is 0.569. The Kier molecular flexibility index (Phi) is 33.1. The average molecular weight is 1150 g/mol. The fourth-order valence-corrected chi connectivity index (χ4v) is 7.35. The lowest BCUT2D eigenvalue weighted by Gasteiger charge is -2.23. The second-order valence-electron chi connectivity index (χ2n) is 16.6. The third-order valence-electron chi connectivity index (χ3n) is 10.6. The molecule has 1 aliphatic rings. The maximum absolute atomic E-state index is 13.9. The summed E-state index contributed by atoms with van der Waals surface area (Å²) in [6.45, 7) is 9.26. The molecular formula is C51H69F4N6O17S-. The number of amides is 2. The molecule has 1 aliphatic heterocycles. The molecule has 3 N–H and O–H groups in total. The number of fused-ring (bicyclic) bond motifs is 1. The van der Waals surface area contributed by atoms with Crippen LogP contribution in [0.2, 0.25) is 0 Å². The first-order valence-corrected chi connectivity index (χ1v) is 26.5. The first kappa shape index (κ1) is 65.9. The van der Waals surface area contributed by atoms with Gasteiger partial charge in [0.1, 0.15) is 23.7 Å². The van der Waals surface area contributed by atoms with Crippen molar-refractivity contribution in [2.75, 3.05) is 158 Å². The SMILES string of the molecule is CCCN(CCCNC(=O)OCCOCCOCCOCCOCCOCCOCCOCCOCCOCCOCCC(=O)Oc1c(F)c(F)c(S(=O)[O-])c(F)c1F)C(=O)C1=Cc2ccc(-c3cncnc3)cc2N=C(N)C1. The van der Waals surface area contributed by atoms with Gasteiger partial charge in [-0.1, -0.05) is 19.1 Å². The molecule has 28 heteroatoms. The van der Waals surface area contributed by atoms with Crippen LogP contribution in [-0.4, -0.2) is 206 Å². The molecule has 4 rings (SSSR count). The van der Waals surface area contributed by atoms with E-state index in [2.05, 4.69) is 25.0 Å². The molecule has 1 unspecified atom stereocenters. The Balaban J connectivity index is 0.836. The van der Waals surface area contributed by atoms with Crippen molar-refractivity contribution in [3.05, 3.63) is 71.3 Å². The monoisotopic (exact) mass is 1150 g/mol. The minimum atomic E-state index is -3.61. The van der Waals surface area contributed by atoms with Gasteiger partial charge in [0, 0.05) is 55.1 Å². The Labute approximate surface area is 457 Å². The third kappa shape index (κ3) is 26.0. The number of nitrogens with zero attached hydrogens (tertiary/aromatic N) is 4. The van der Waals surface area contributed by atoms with Crippen LogP contribution in [0.3, 0.4) is 0 Å². The summed E-state index contributed by atoms with van der Waals surface area (Å²) in [5, 5.41) is 2.72. The van der Waals surface area contributed by atoms with Crippen molar-refractivity contribution >= 4 is 46.6 Å². The lowest BCUT2D eigenvalue weighted by Crippen LogP contribution is -2.36. The number of ether oxygens (including phenoxy) is 12. The summed E-state index contributed by atoms with van der Waals surface area (Å²) in [5.41, 5.74) is 9.99. The quantitative estimate of drug-likeness (QED) is 0.0200. The zero-order valence-electron chi connectivity index (χ0n) is 44.1. The predicted octanol–water partition coefficient (Wildman–Crippen LogP) is 4.23. The molecule has 0 fully saturated rings. The van der Waals surface area contributed by atoms with Gasteiger partial charge in [0.25, 0.3) is 0 Å². The number of hydrogen-bond acceptors (Lipinski definition) is 21. The fourth-order valence-electron chi connectivity index (χ4n) is 6.88. The summed E-state index contributed by atoms with van der Waals surface area (Å²) in [4.78, 5) is 50.3. The number of halogens is 4. The van der Waals surface area contributed by atoms with Crippen molar-refractivity contribution < 1.29 is 97.5 Å². The number of hydrogen-bond donors (Lipinski definition) is 2. The summed E-state index contributed by atoms with van der Waals surface area (Å²) >= 11 is -3.61. The molecule has 1 atom stereocenters. The first-order chi connectivity index (χ1) is 38.4. The number of nitrogens with two attached hydrogens (primary N) is 1. The minimum absolute atomic E-state index is 0.0442. The van der Waals surface area contributed by atoms with Crippen molar-refractivity contribution in [3.63, 3.8) is 0 Å². The van der Waals surface area contributed by atoms with Crippen LogP contribution in [0.4, 0.5) is 28.0 Å². The number of benzene rings is 2. The van der Waals surface area contributed by atoms with E-state index in [1.54, 1.807) is 17.3 Å². The van der Waals surface area contributed by atoms with E-state index in [0.717, 1.165) is 23.1 Å². The Morgan fingerprint density at radius 3 is 1.59 bits per heavy atom. The maximum atomic E-state index is 13.9. The Morgan fingerprint density at radius 1 is 0.658 bits per heavy atom. The Hall–Kier alpha value is -5.63. The molecule has 79 heavy (non-hydrogen) atoms. The van der Waals surface area contributed by atoms with Crippen molar-refractivity contribution in [2.24, 2.45) is 10.7 Å². The van der Waals surface area contributed by atoms with Crippen LogP contribution < -0.4 is 15.8 Å². The van der Waals surface area contributed by atoms with Gasteiger partial charge in [-0.05, 0) is 41.6 Å². The van der Waals surface area contributed by atoms with Gasteiger partial charge in [0.15, 0.2) is 11.6 Å². The molecule has 1 aromatic heterocycles. The normalized spacial score (nSPS) is 12.6. The number of rotatable bonds is 43. The highest BCUT2D eigenvalue weighted by molar-refractivity contribution is 7.79. The number of aliphatic imine (C=N–C) groups is 1. The highest BCUT2D eigenvalue weighted by Crippen LogP contribution is 2.33. The van der Waals surface area contributed by atoms with Crippen molar-refractivity contribution in [2.45, 2.75) is 37.5 Å². The topological polar surface area (TPSA) is 282 Å². The number of alkyl carbamates (subject to hydrolysis) is 1. The van der Waals surface area contributed by atoms with Gasteiger partial charge in [0.05, 0.1) is 144 Å². The van der Waals surface area contributed by atoms with Gasteiger partial charge in [-0.15, -0.1) is 0 Å². The maximum Gasteiger partial charge on any atom is 0.407 e. The minimum Gasteiger partial charge on any atom is -0.768 e. The molecular weight excluding hydrogens is 1080 g/mol. The Bertz CT molecular complexity index is 2350. The van der Waals surface area contributed by atoms with E-state index in [-0.39, 0.29) is 58.6 Å². The molecule has 23 nitrogen and oxygen atoms in total. The highest BCUT2D eigenvalue weighted by atomic mass is 32.2. The van der Waals surface area contributed by atoms with Crippen molar-refractivity contribution in [1.29, 1.82) is 0 Å². The van der Waals surface area contributed by atoms with Gasteiger partial charge in [0.2, 0.25) is 23.3 Å². The van der Waals surface area contributed by atoms with E-state index >= 15 is 0 Å². The molecule has 0 aliphatic carbocycles. The van der Waals surface area contributed by atoms with E-state index in [9.17, 15) is 40.7 Å². The van der Waals surface area contributed by atoms with Gasteiger partial charge in [-0.2, -0.15) is 8.78 Å². The summed E-state index contributed by atoms with van der Waals surface area (Å²) in [7, 11) is 0. The summed E-state index contributed by atoms with van der Waals surface area (Å²) in [6, 6.07) is 5.75. The van der Waals surface area contributed by atoms with Gasteiger partial charge >= 0.3 is 12.1 Å². The zero-order chi connectivity index (χ0) is 56.9. The lowest BCUT2D eigenvalue weighted by molar-refractivity contribution is -0.136. The Morgan fingerprint density at radius 2 is 1.13 bits per heavy atom. The van der Waals surface area contributed by atoms with Gasteiger partial charge < -0.3 is 77.3 Å². The number of aromatic nitrogens is 2. The number of esters is 1. The van der Waals surface area contributed by atoms with E-state index < -0.39 is 63.5 Å². The molecule has 0 bridgehead atoms. The largest absolute Gasteiger partial charge is 0.768 e. The third-order valence-corrected chi connectivity index (χ3v) is 11.3. The van der Waals surface area contributed by atoms with Crippen LogP contribution in [0.25, 0.3) is 17.2 Å². The van der Waals surface area contributed by atoms with Crippen LogP contribution in [0.5, 0.6) is 5.75 Å². The molecule has 0 spiro atoms. The van der Waals surface area contributed by atoms with E-state index in [0.29, 0.717) is 136 Å². The summed E-state index contributed by atoms with van der Waals surface area (Å²) < 4.78 is 141. The molecule has 0 saturated carbocycles. The molecule has 2 amide bonds. The number of carbonyl (C=O) groups excluding carboxylic acids is 3. The van der Waals surface area contributed by atoms with E-state index in [1.807, 2.05) is 31.2 Å². The second-order valence-corrected chi connectivity index (χ2v) is 17.4. The molecule has 2 aromatic carbocycles. The average Bonchev–Trinajstić information content (AvgIpc) is 3.61. The van der Waals surface area contributed by atoms with Crippen LogP contribution in [-0.2, 0) is 72.8 Å². The van der Waals surface area contributed by atoms with E-state index in [4.69, 9.17) is 57.8 Å². The van der Waals surface area contributed by atoms with Crippen molar-refractivity contribution in [1.82, 2.24) is 20.2 Å². The smallest absolute Gasteiger partial charge is 0.407 e. The van der Waals surface area contributed by atoms with Crippen LogP contribution in [0.1, 0.15) is 38.2 Å².